The van der Waals surface area contributed by atoms with Crippen LogP contribution in [0.4, 0.5) is 5.69 Å². The monoisotopic (exact) mass is 436 g/mol. The Hall–Kier alpha value is -2.56. The van der Waals surface area contributed by atoms with Gasteiger partial charge in [0.05, 0.1) is 0 Å². The summed E-state index contributed by atoms with van der Waals surface area (Å²) in [5, 5.41) is 5.05. The van der Waals surface area contributed by atoms with E-state index in [2.05, 4.69) is 26.2 Å². The topological polar surface area (TPSA) is 44.9 Å². The van der Waals surface area contributed by atoms with Crippen molar-refractivity contribution in [2.24, 2.45) is 0 Å². The first-order chi connectivity index (χ1) is 13.1. The van der Waals surface area contributed by atoms with E-state index in [9.17, 15) is 4.79 Å². The highest BCUT2D eigenvalue weighted by molar-refractivity contribution is 9.10. The van der Waals surface area contributed by atoms with Gasteiger partial charge in [-0.3, -0.25) is 4.79 Å². The molecule has 0 amide bonds. The van der Waals surface area contributed by atoms with Gasteiger partial charge in [-0.15, -0.1) is 0 Å². The van der Waals surface area contributed by atoms with Crippen molar-refractivity contribution in [3.8, 4) is 0 Å². The van der Waals surface area contributed by atoms with Gasteiger partial charge in [-0.25, -0.2) is 0 Å². The van der Waals surface area contributed by atoms with Crippen molar-refractivity contribution in [2.75, 3.05) is 5.32 Å². The van der Waals surface area contributed by atoms with Crippen molar-refractivity contribution < 1.29 is 4.79 Å². The maximum Gasteiger partial charge on any atom is 0.199 e. The molecule has 1 atom stereocenters. The molecule has 0 fully saturated rings. The Kier molecular flexibility index (Phi) is 3.67. The molecule has 1 aliphatic rings. The summed E-state index contributed by atoms with van der Waals surface area (Å²) in [7, 11) is 0. The van der Waals surface area contributed by atoms with Gasteiger partial charge in [0.1, 0.15) is 0 Å². The quantitative estimate of drug-likeness (QED) is 0.396. The summed E-state index contributed by atoms with van der Waals surface area (Å²) in [5.41, 5.74) is 3.12. The maximum absolute atomic E-state index is 13.8. The van der Waals surface area contributed by atoms with E-state index in [1.165, 1.54) is 0 Å². The normalized spacial score (nSPS) is 18.5. The molecule has 3 nitrogen and oxygen atoms in total. The molecule has 0 bridgehead atoms. The predicted molar refractivity (Wildman–Crippen MR) is 113 cm³/mol. The molecule has 132 valence electrons. The summed E-state index contributed by atoms with van der Waals surface area (Å²) in [6, 6.07) is 21.2. The minimum atomic E-state index is -1.02. The van der Waals surface area contributed by atoms with Crippen LogP contribution in [0.2, 0.25) is 5.02 Å². The highest BCUT2D eigenvalue weighted by Gasteiger charge is 2.49. The number of aromatic amines is 1. The number of nitrogens with one attached hydrogen (secondary N) is 2. The summed E-state index contributed by atoms with van der Waals surface area (Å²) in [4.78, 5) is 17.1. The van der Waals surface area contributed by atoms with Crippen LogP contribution in [0.15, 0.2) is 77.4 Å². The van der Waals surface area contributed by atoms with Crippen LogP contribution < -0.4 is 5.32 Å². The molecule has 2 N–H and O–H groups in total. The van der Waals surface area contributed by atoms with Crippen molar-refractivity contribution >= 4 is 49.9 Å². The van der Waals surface area contributed by atoms with Crippen LogP contribution in [0.1, 0.15) is 21.5 Å². The number of aromatic nitrogens is 1. The van der Waals surface area contributed by atoms with Crippen LogP contribution in [-0.2, 0) is 5.54 Å². The lowest BCUT2D eigenvalue weighted by Crippen LogP contribution is -2.39. The number of rotatable bonds is 2. The van der Waals surface area contributed by atoms with Gasteiger partial charge in [0, 0.05) is 43.4 Å². The smallest absolute Gasteiger partial charge is 0.199 e. The third-order valence-corrected chi connectivity index (χ3v) is 6.05. The number of ketones is 1. The van der Waals surface area contributed by atoms with Gasteiger partial charge in [-0.1, -0.05) is 63.9 Å². The van der Waals surface area contributed by atoms with E-state index in [0.29, 0.717) is 10.6 Å². The fraction of sp³-hybridized carbons (Fsp3) is 0.0455. The number of hydrogen-bond donors (Lipinski definition) is 2. The SMILES string of the molecule is O=C1c2cc(Cl)ccc2NC1(c1ccccc1)c1c[nH]c2cccc(Br)c12. The second-order valence-electron chi connectivity index (χ2n) is 6.62. The standard InChI is InChI=1S/C22H14BrClN2O/c23-17-7-4-8-19-20(17)16(12-25-19)22(13-5-2-1-3-6-13)21(27)15-11-14(24)9-10-18(15)26-22/h1-12,25-26H. The van der Waals surface area contributed by atoms with Gasteiger partial charge < -0.3 is 10.3 Å². The highest BCUT2D eigenvalue weighted by atomic mass is 79.9. The Morgan fingerprint density at radius 3 is 2.59 bits per heavy atom. The summed E-state index contributed by atoms with van der Waals surface area (Å²) in [6.07, 6.45) is 1.92. The fourth-order valence-corrected chi connectivity index (χ4v) is 4.70. The number of halogens is 2. The molecule has 3 aromatic carbocycles. The molecule has 1 aliphatic heterocycles. The number of anilines is 1. The van der Waals surface area contributed by atoms with Gasteiger partial charge in [-0.05, 0) is 35.9 Å². The average molecular weight is 438 g/mol. The second kappa shape index (κ2) is 5.98. The molecule has 27 heavy (non-hydrogen) atoms. The molecule has 2 heterocycles. The van der Waals surface area contributed by atoms with Gasteiger partial charge in [0.25, 0.3) is 0 Å². The lowest BCUT2D eigenvalue weighted by molar-refractivity contribution is 0.0941. The first kappa shape index (κ1) is 16.6. The van der Waals surface area contributed by atoms with Crippen LogP contribution in [0.5, 0.6) is 0 Å². The number of carbonyl (C=O) groups excluding carboxylic acids is 1. The van der Waals surface area contributed by atoms with Gasteiger partial charge >= 0.3 is 0 Å². The van der Waals surface area contributed by atoms with Crippen LogP contribution in [-0.4, -0.2) is 10.8 Å². The molecule has 1 aromatic heterocycles. The van der Waals surface area contributed by atoms with Gasteiger partial charge in [-0.2, -0.15) is 0 Å². The third kappa shape index (κ3) is 2.30. The zero-order valence-corrected chi connectivity index (χ0v) is 16.4. The third-order valence-electron chi connectivity index (χ3n) is 5.15. The van der Waals surface area contributed by atoms with Crippen molar-refractivity contribution in [2.45, 2.75) is 5.54 Å². The van der Waals surface area contributed by atoms with Crippen LogP contribution >= 0.6 is 27.5 Å². The summed E-state index contributed by atoms with van der Waals surface area (Å²) < 4.78 is 0.940. The van der Waals surface area contributed by atoms with Gasteiger partial charge in [0.15, 0.2) is 11.3 Å². The fourth-order valence-electron chi connectivity index (χ4n) is 3.95. The van der Waals surface area contributed by atoms with Crippen LogP contribution in [0.25, 0.3) is 10.9 Å². The van der Waals surface area contributed by atoms with E-state index in [1.54, 1.807) is 12.1 Å². The molecular weight excluding hydrogens is 424 g/mol. The molecule has 0 saturated heterocycles. The maximum atomic E-state index is 13.8. The molecule has 0 saturated carbocycles. The largest absolute Gasteiger partial charge is 0.365 e. The minimum Gasteiger partial charge on any atom is -0.365 e. The van der Waals surface area contributed by atoms with Crippen molar-refractivity contribution in [1.82, 2.24) is 4.98 Å². The lowest BCUT2D eigenvalue weighted by Gasteiger charge is -2.29. The summed E-state index contributed by atoms with van der Waals surface area (Å²) >= 11 is 9.84. The van der Waals surface area contributed by atoms with E-state index < -0.39 is 5.54 Å². The summed E-state index contributed by atoms with van der Waals surface area (Å²) in [6.45, 7) is 0. The average Bonchev–Trinajstić information content (AvgIpc) is 3.24. The molecule has 5 rings (SSSR count). The molecular formula is C22H14BrClN2O. The molecule has 5 heteroatoms. The number of benzene rings is 3. The predicted octanol–water partition coefficient (Wildman–Crippen LogP) is 6.14. The molecule has 0 aliphatic carbocycles. The zero-order chi connectivity index (χ0) is 18.6. The number of H-pyrrole nitrogens is 1. The first-order valence-electron chi connectivity index (χ1n) is 8.55. The Morgan fingerprint density at radius 2 is 1.78 bits per heavy atom. The molecule has 4 aromatic rings. The zero-order valence-electron chi connectivity index (χ0n) is 14.1. The first-order valence-corrected chi connectivity index (χ1v) is 9.72. The Balaban J connectivity index is 1.86. The molecule has 0 spiro atoms. The van der Waals surface area contributed by atoms with E-state index in [4.69, 9.17) is 11.6 Å². The molecule has 1 unspecified atom stereocenters. The van der Waals surface area contributed by atoms with Crippen molar-refractivity contribution in [3.05, 3.63) is 99.1 Å². The van der Waals surface area contributed by atoms with Crippen LogP contribution in [0.3, 0.4) is 0 Å². The van der Waals surface area contributed by atoms with E-state index in [0.717, 1.165) is 32.2 Å². The number of carbonyl (C=O) groups is 1. The number of hydrogen-bond acceptors (Lipinski definition) is 2. The summed E-state index contributed by atoms with van der Waals surface area (Å²) in [5.74, 6) is -0.0112. The van der Waals surface area contributed by atoms with Crippen molar-refractivity contribution in [1.29, 1.82) is 0 Å². The van der Waals surface area contributed by atoms with Crippen molar-refractivity contribution in [3.63, 3.8) is 0 Å². The Labute approximate surface area is 169 Å². The molecule has 0 radical (unpaired) electrons. The van der Waals surface area contributed by atoms with E-state index in [-0.39, 0.29) is 5.78 Å². The Morgan fingerprint density at radius 1 is 0.963 bits per heavy atom. The van der Waals surface area contributed by atoms with E-state index in [1.807, 2.05) is 60.8 Å². The number of fused-ring (bicyclic) bond motifs is 2. The van der Waals surface area contributed by atoms with Gasteiger partial charge in [0.2, 0.25) is 0 Å². The Bertz CT molecular complexity index is 1200. The highest BCUT2D eigenvalue weighted by Crippen LogP contribution is 2.47. The van der Waals surface area contributed by atoms with Crippen LogP contribution in [0, 0.1) is 0 Å². The minimum absolute atomic E-state index is 0.0112. The second-order valence-corrected chi connectivity index (χ2v) is 7.92. The van der Waals surface area contributed by atoms with E-state index >= 15 is 0 Å². The lowest BCUT2D eigenvalue weighted by atomic mass is 9.79. The number of Topliss-reactive ketones (excluding diaryl/α,β-unsaturated/α-hetero) is 1.